The second-order valence-corrected chi connectivity index (χ2v) is 5.67. The second-order valence-electron chi connectivity index (χ2n) is 5.23. The molecule has 0 heterocycles. The summed E-state index contributed by atoms with van der Waals surface area (Å²) in [6, 6.07) is 20.2. The molecule has 22 heavy (non-hydrogen) atoms. The molecule has 0 aromatic heterocycles. The predicted molar refractivity (Wildman–Crippen MR) is 93.8 cm³/mol. The fourth-order valence-electron chi connectivity index (χ4n) is 2.62. The Hall–Kier alpha value is -2.16. The smallest absolute Gasteiger partial charge is 0.0406 e. The average molecular weight is 309 g/mol. The van der Waals surface area contributed by atoms with Crippen LogP contribution in [0.1, 0.15) is 16.7 Å². The van der Waals surface area contributed by atoms with E-state index in [1.165, 1.54) is 22.7 Å². The van der Waals surface area contributed by atoms with E-state index in [0.717, 1.165) is 29.1 Å². The third kappa shape index (κ3) is 3.19. The number of benzene rings is 3. The molecular weight excluding hydrogens is 292 g/mol. The van der Waals surface area contributed by atoms with Crippen LogP contribution in [0.2, 0.25) is 5.02 Å². The molecule has 2 N–H and O–H groups in total. The first-order valence-corrected chi connectivity index (χ1v) is 7.62. The van der Waals surface area contributed by atoms with Gasteiger partial charge in [-0.2, -0.15) is 0 Å². The van der Waals surface area contributed by atoms with Crippen molar-refractivity contribution in [1.29, 1.82) is 5.41 Å². The summed E-state index contributed by atoms with van der Waals surface area (Å²) in [5.74, 6) is 0. The molecule has 3 rings (SSSR count). The van der Waals surface area contributed by atoms with E-state index < -0.39 is 0 Å². The topological polar surface area (TPSA) is 35.9 Å². The van der Waals surface area contributed by atoms with Gasteiger partial charge in [0.25, 0.3) is 0 Å². The first-order valence-electron chi connectivity index (χ1n) is 7.24. The number of hydrogen-bond acceptors (Lipinski definition) is 2. The molecule has 0 saturated carbocycles. The molecule has 2 nitrogen and oxygen atoms in total. The minimum atomic E-state index is 0.761. The van der Waals surface area contributed by atoms with Crippen molar-refractivity contribution in [3.05, 3.63) is 82.4 Å². The molecule has 3 aromatic carbocycles. The van der Waals surface area contributed by atoms with Gasteiger partial charge in [-0.15, -0.1) is 0 Å². The molecule has 0 aliphatic heterocycles. The summed E-state index contributed by atoms with van der Waals surface area (Å²) in [5, 5.41) is 14.1. The summed E-state index contributed by atoms with van der Waals surface area (Å²) in [7, 11) is 0. The van der Waals surface area contributed by atoms with Crippen LogP contribution in [-0.2, 0) is 13.1 Å². The van der Waals surface area contributed by atoms with Crippen molar-refractivity contribution in [1.82, 2.24) is 5.32 Å². The summed E-state index contributed by atoms with van der Waals surface area (Å²) in [6.07, 6.45) is 1.41. The van der Waals surface area contributed by atoms with Gasteiger partial charge in [-0.1, -0.05) is 60.1 Å². The molecule has 0 aliphatic rings. The molecule has 0 fully saturated rings. The molecule has 0 radical (unpaired) electrons. The van der Waals surface area contributed by atoms with E-state index in [0.29, 0.717) is 0 Å². The van der Waals surface area contributed by atoms with Gasteiger partial charge in [-0.05, 0) is 39.6 Å². The normalized spacial score (nSPS) is 10.8. The van der Waals surface area contributed by atoms with Gasteiger partial charge in [0.15, 0.2) is 0 Å². The van der Waals surface area contributed by atoms with E-state index >= 15 is 0 Å². The molecule has 0 amide bonds. The zero-order chi connectivity index (χ0) is 15.4. The molecule has 0 spiro atoms. The highest BCUT2D eigenvalue weighted by atomic mass is 35.5. The van der Waals surface area contributed by atoms with Gasteiger partial charge >= 0.3 is 0 Å². The molecule has 0 atom stereocenters. The fraction of sp³-hybridized carbons (Fsp3) is 0.105. The molecule has 0 aliphatic carbocycles. The zero-order valence-corrected chi connectivity index (χ0v) is 12.9. The molecule has 0 saturated heterocycles. The predicted octanol–water partition coefficient (Wildman–Crippen LogP) is 4.78. The first kappa shape index (κ1) is 14.8. The van der Waals surface area contributed by atoms with Crippen molar-refractivity contribution in [2.24, 2.45) is 0 Å². The largest absolute Gasteiger partial charge is 0.309 e. The summed E-state index contributed by atoms with van der Waals surface area (Å²) >= 11 is 5.90. The maximum Gasteiger partial charge on any atom is 0.0406 e. The van der Waals surface area contributed by atoms with E-state index in [1.54, 1.807) is 0 Å². The van der Waals surface area contributed by atoms with Crippen molar-refractivity contribution in [3.8, 4) is 0 Å². The second kappa shape index (κ2) is 6.73. The Balaban J connectivity index is 1.76. The number of fused-ring (bicyclic) bond motifs is 1. The lowest BCUT2D eigenvalue weighted by atomic mass is 10.0. The molecule has 3 heteroatoms. The summed E-state index contributed by atoms with van der Waals surface area (Å²) in [4.78, 5) is 0. The van der Waals surface area contributed by atoms with Crippen LogP contribution in [0.25, 0.3) is 10.8 Å². The van der Waals surface area contributed by atoms with Crippen LogP contribution in [0.3, 0.4) is 0 Å². The monoisotopic (exact) mass is 308 g/mol. The van der Waals surface area contributed by atoms with Crippen molar-refractivity contribution in [3.63, 3.8) is 0 Å². The van der Waals surface area contributed by atoms with Gasteiger partial charge in [-0.3, -0.25) is 0 Å². The first-order chi connectivity index (χ1) is 10.8. The highest BCUT2D eigenvalue weighted by Gasteiger charge is 2.03. The zero-order valence-electron chi connectivity index (χ0n) is 12.1. The van der Waals surface area contributed by atoms with Gasteiger partial charge in [0.1, 0.15) is 0 Å². The van der Waals surface area contributed by atoms with Crippen LogP contribution >= 0.6 is 11.6 Å². The van der Waals surface area contributed by atoms with Gasteiger partial charge in [0.05, 0.1) is 0 Å². The SMILES string of the molecule is N=Cc1cccc2c(CNCc3ccc(Cl)cc3)cccc12. The van der Waals surface area contributed by atoms with Crippen LogP contribution in [0.4, 0.5) is 0 Å². The maximum absolute atomic E-state index is 7.51. The van der Waals surface area contributed by atoms with Crippen LogP contribution in [-0.4, -0.2) is 6.21 Å². The summed E-state index contributed by atoms with van der Waals surface area (Å²) in [6.45, 7) is 1.60. The van der Waals surface area contributed by atoms with Crippen molar-refractivity contribution < 1.29 is 0 Å². The molecule has 110 valence electrons. The number of rotatable bonds is 5. The minimum Gasteiger partial charge on any atom is -0.309 e. The van der Waals surface area contributed by atoms with E-state index in [1.807, 2.05) is 36.4 Å². The third-order valence-corrected chi connectivity index (χ3v) is 4.01. The van der Waals surface area contributed by atoms with Crippen LogP contribution in [0.15, 0.2) is 60.7 Å². The van der Waals surface area contributed by atoms with Crippen molar-refractivity contribution in [2.45, 2.75) is 13.1 Å². The quantitative estimate of drug-likeness (QED) is 0.654. The summed E-state index contributed by atoms with van der Waals surface area (Å²) in [5.41, 5.74) is 3.41. The standard InChI is InChI=1S/C19H17ClN2/c20-17-9-7-14(8-10-17)12-22-13-16-4-2-5-18-15(11-21)3-1-6-19(16)18/h1-11,21-22H,12-13H2. The maximum atomic E-state index is 7.51. The van der Waals surface area contributed by atoms with Gasteiger partial charge in [0.2, 0.25) is 0 Å². The Bertz CT molecular complexity index is 794. The van der Waals surface area contributed by atoms with Crippen LogP contribution in [0.5, 0.6) is 0 Å². The Morgan fingerprint density at radius 3 is 2.36 bits per heavy atom. The van der Waals surface area contributed by atoms with Crippen molar-refractivity contribution >= 4 is 28.6 Å². The van der Waals surface area contributed by atoms with Crippen molar-refractivity contribution in [2.75, 3.05) is 0 Å². The summed E-state index contributed by atoms with van der Waals surface area (Å²) < 4.78 is 0. The fourth-order valence-corrected chi connectivity index (χ4v) is 2.75. The Labute approximate surface area is 135 Å². The number of nitrogens with one attached hydrogen (secondary N) is 2. The molecule has 0 bridgehead atoms. The molecule has 3 aromatic rings. The van der Waals surface area contributed by atoms with Gasteiger partial charge in [-0.25, -0.2) is 0 Å². The van der Waals surface area contributed by atoms with E-state index in [4.69, 9.17) is 17.0 Å². The van der Waals surface area contributed by atoms with E-state index in [-0.39, 0.29) is 0 Å². The molecular formula is C19H17ClN2. The lowest BCUT2D eigenvalue weighted by molar-refractivity contribution is 0.696. The van der Waals surface area contributed by atoms with Gasteiger partial charge < -0.3 is 10.7 Å². The van der Waals surface area contributed by atoms with Gasteiger partial charge in [0, 0.05) is 24.3 Å². The lowest BCUT2D eigenvalue weighted by Crippen LogP contribution is -2.12. The Morgan fingerprint density at radius 2 is 1.59 bits per heavy atom. The highest BCUT2D eigenvalue weighted by molar-refractivity contribution is 6.30. The minimum absolute atomic E-state index is 0.761. The lowest BCUT2D eigenvalue weighted by Gasteiger charge is -2.10. The number of hydrogen-bond donors (Lipinski definition) is 2. The van der Waals surface area contributed by atoms with E-state index in [9.17, 15) is 0 Å². The average Bonchev–Trinajstić information content (AvgIpc) is 2.56. The third-order valence-electron chi connectivity index (χ3n) is 3.76. The Kier molecular flexibility index (Phi) is 4.52. The highest BCUT2D eigenvalue weighted by Crippen LogP contribution is 2.21. The van der Waals surface area contributed by atoms with Crippen LogP contribution < -0.4 is 5.32 Å². The van der Waals surface area contributed by atoms with E-state index in [2.05, 4.69) is 29.6 Å². The molecule has 0 unspecified atom stereocenters. The van der Waals surface area contributed by atoms with Crippen LogP contribution in [0, 0.1) is 5.41 Å². The Morgan fingerprint density at radius 1 is 0.864 bits per heavy atom. The number of halogens is 1.